The molecular formula is C73H131N11O16. The number of aliphatic hydroxyl groups is 1. The van der Waals surface area contributed by atoms with E-state index in [1.54, 1.807) is 69.2 Å². The molecule has 0 spiro atoms. The van der Waals surface area contributed by atoms with Crippen LogP contribution in [0, 0.1) is 47.3 Å². The van der Waals surface area contributed by atoms with Gasteiger partial charge in [0.25, 0.3) is 0 Å². The normalized spacial score (nSPS) is 26.8. The van der Waals surface area contributed by atoms with Crippen LogP contribution in [0.4, 0.5) is 4.79 Å². The molecule has 2 aliphatic rings. The molecule has 0 aromatic carbocycles. The zero-order valence-electron chi connectivity index (χ0n) is 65.5. The van der Waals surface area contributed by atoms with E-state index in [4.69, 9.17) is 14.2 Å². The highest BCUT2D eigenvalue weighted by Gasteiger charge is 2.47. The van der Waals surface area contributed by atoms with Crippen LogP contribution in [-0.4, -0.2) is 283 Å². The van der Waals surface area contributed by atoms with Gasteiger partial charge in [0.1, 0.15) is 48.3 Å². The Morgan fingerprint density at radius 1 is 0.540 bits per heavy atom. The maximum Gasteiger partial charge on any atom is 0.407 e. The fraction of sp³-hybridized carbons (Fsp3) is 0.836. The first kappa shape index (κ1) is 89.8. The van der Waals surface area contributed by atoms with Gasteiger partial charge in [0.05, 0.1) is 38.1 Å². The Morgan fingerprint density at radius 3 is 1.55 bits per heavy atom. The molecule has 0 radical (unpaired) electrons. The van der Waals surface area contributed by atoms with Gasteiger partial charge in [0.15, 0.2) is 11.6 Å². The largest absolute Gasteiger partial charge is 0.450 e. The van der Waals surface area contributed by atoms with Crippen LogP contribution in [0.5, 0.6) is 0 Å². The minimum atomic E-state index is -1.76. The molecular weight excluding hydrogens is 1290 g/mol. The Bertz CT molecular complexity index is 2710. The molecule has 0 unspecified atom stereocenters. The van der Waals surface area contributed by atoms with Crippen LogP contribution in [0.15, 0.2) is 0 Å². The third-order valence-electron chi connectivity index (χ3n) is 19.7. The average Bonchev–Trinajstić information content (AvgIpc) is 0.806. The van der Waals surface area contributed by atoms with Crippen LogP contribution in [-0.2, 0) is 67.0 Å². The van der Waals surface area contributed by atoms with Gasteiger partial charge >= 0.3 is 6.09 Å². The molecule has 2 rings (SSSR count). The van der Waals surface area contributed by atoms with Crippen molar-refractivity contribution in [1.29, 1.82) is 0 Å². The lowest BCUT2D eigenvalue weighted by Gasteiger charge is -2.41. The summed E-state index contributed by atoms with van der Waals surface area (Å²) in [4.78, 5) is 188. The zero-order valence-corrected chi connectivity index (χ0v) is 65.5. The van der Waals surface area contributed by atoms with Crippen molar-refractivity contribution in [3.05, 3.63) is 0 Å². The number of nitrogens with one attached hydrogen (secondary N) is 3. The average molecular weight is 1420 g/mol. The minimum Gasteiger partial charge on any atom is -0.450 e. The highest BCUT2D eigenvalue weighted by molar-refractivity contribution is 6.00. The fourth-order valence-electron chi connectivity index (χ4n) is 13.2. The number of carbonyl (C=O) groups is 12. The number of unbranched alkanes of at least 4 members (excludes halogenated alkanes) is 1. The first-order valence-electron chi connectivity index (χ1n) is 36.5. The number of aliphatic hydroxyl groups excluding tert-OH is 1. The zero-order chi connectivity index (χ0) is 76.7. The van der Waals surface area contributed by atoms with Gasteiger partial charge in [-0.2, -0.15) is 0 Å². The van der Waals surface area contributed by atoms with E-state index in [2.05, 4.69) is 20.9 Å². The molecule has 2 fully saturated rings. The Balaban J connectivity index is 3.03. The molecule has 27 nitrogen and oxygen atoms in total. The molecule has 0 aromatic heterocycles. The van der Waals surface area contributed by atoms with Crippen LogP contribution < -0.4 is 16.0 Å². The van der Waals surface area contributed by atoms with Crippen molar-refractivity contribution in [2.45, 2.75) is 255 Å². The molecule has 2 aliphatic heterocycles. The number of ketones is 2. The second kappa shape index (κ2) is 42.3. The number of carbonyl (C=O) groups excluding carboxylic acids is 12. The third kappa shape index (κ3) is 26.2. The van der Waals surface area contributed by atoms with E-state index < -0.39 is 167 Å². The van der Waals surface area contributed by atoms with Crippen LogP contribution in [0.3, 0.4) is 0 Å². The van der Waals surface area contributed by atoms with Gasteiger partial charge in [-0.3, -0.25) is 57.6 Å². The first-order chi connectivity index (χ1) is 46.5. The number of hydrogen-bond donors (Lipinski definition) is 4. The summed E-state index contributed by atoms with van der Waals surface area (Å²) in [5.74, 6) is -11.6. The summed E-state index contributed by atoms with van der Waals surface area (Å²) in [7, 11) is 9.91. The van der Waals surface area contributed by atoms with E-state index in [1.165, 1.54) is 87.7 Å². The molecule has 27 heteroatoms. The lowest BCUT2D eigenvalue weighted by molar-refractivity contribution is -0.157. The van der Waals surface area contributed by atoms with Crippen LogP contribution in [0.1, 0.15) is 182 Å². The third-order valence-corrected chi connectivity index (χ3v) is 19.7. The highest BCUT2D eigenvalue weighted by atomic mass is 16.5. The van der Waals surface area contributed by atoms with Crippen molar-refractivity contribution in [2.75, 3.05) is 95.4 Å². The highest BCUT2D eigenvalue weighted by Crippen LogP contribution is 2.29. The van der Waals surface area contributed by atoms with Crippen LogP contribution >= 0.6 is 0 Å². The molecule has 2 heterocycles. The van der Waals surface area contributed by atoms with Gasteiger partial charge in [-0.1, -0.05) is 90.0 Å². The molecule has 574 valence electrons. The molecule has 4 N–H and O–H groups in total. The molecule has 0 bridgehead atoms. The predicted octanol–water partition coefficient (Wildman–Crippen LogP) is 4.87. The summed E-state index contributed by atoms with van der Waals surface area (Å²) in [6, 6.07) is -11.9. The number of rotatable bonds is 22. The number of likely N-dealkylation sites (N-methyl/N-ethyl adjacent to an activating group) is 7. The maximum atomic E-state index is 15.4. The number of alkyl carbamates (subject to hydrolysis) is 1. The Kier molecular flexibility index (Phi) is 38.0. The van der Waals surface area contributed by atoms with E-state index in [0.717, 1.165) is 35.9 Å². The lowest BCUT2D eigenvalue weighted by atomic mass is 9.85. The van der Waals surface area contributed by atoms with Gasteiger partial charge < -0.3 is 69.6 Å². The maximum absolute atomic E-state index is 15.4. The first-order valence-corrected chi connectivity index (χ1v) is 36.5. The molecule has 0 saturated carbocycles. The van der Waals surface area contributed by atoms with Gasteiger partial charge in [-0.05, 0) is 122 Å². The number of Topliss-reactive ketones (excluding diaryl/α,β-unsaturated/α-hetero) is 2. The fourth-order valence-corrected chi connectivity index (χ4v) is 13.2. The molecule has 14 atom stereocenters. The van der Waals surface area contributed by atoms with Crippen molar-refractivity contribution < 1.29 is 76.9 Å². The lowest BCUT2D eigenvalue weighted by Crippen LogP contribution is -2.64. The summed E-state index contributed by atoms with van der Waals surface area (Å²) < 4.78 is 17.3. The number of ether oxygens (including phenoxy) is 3. The predicted molar refractivity (Wildman–Crippen MR) is 383 cm³/mol. The number of hydrogen-bond acceptors (Lipinski definition) is 17. The molecule has 100 heavy (non-hydrogen) atoms. The van der Waals surface area contributed by atoms with Gasteiger partial charge in [-0.15, -0.1) is 0 Å². The van der Waals surface area contributed by atoms with Crippen molar-refractivity contribution in [3.63, 3.8) is 0 Å². The Morgan fingerprint density at radius 2 is 1.04 bits per heavy atom. The number of amides is 10. The molecule has 0 aromatic rings. The van der Waals surface area contributed by atoms with Crippen LogP contribution in [0.25, 0.3) is 0 Å². The standard InChI is InChI=1S/C73H131N11O16/c1-26-54-69(93)77(19)51(17)67(91)82(24)61(52(18)99-33-28-27-30-84-31-35-98-36-32-84)59(86)41-53(45(8)9)68(92)78(20)55(37-42(2)3)58(85)40-49(15)64(88)75-50(16)66(90)79(21)56(38-43(4)5)70(94)80(22)57(39-44(6)7)71(95)81(23)60(46(10)11)72(96)83(25)62(65(89)76-54)63(87)48(14)29-34-100-73(97)74-47(12)13/h42-57,60-63,87H,26-41H2,1-25H3,(H,74,97)(H,75,88)(H,76,89)/t48-,49-,50-,51-,52-,53+,54+,55+,56+,57+,60+,61+,62+,63-/m1/s1. The quantitative estimate of drug-likeness (QED) is 0.105. The number of morpholine rings is 1. The Labute approximate surface area is 598 Å². The van der Waals surface area contributed by atoms with E-state index in [9.17, 15) is 29.1 Å². The summed E-state index contributed by atoms with van der Waals surface area (Å²) in [5, 5.41) is 20.5. The molecule has 0 aliphatic carbocycles. The topological polar surface area (TPSA) is 315 Å². The van der Waals surface area contributed by atoms with Crippen molar-refractivity contribution in [3.8, 4) is 0 Å². The Hall–Kier alpha value is -6.32. The van der Waals surface area contributed by atoms with Gasteiger partial charge in [0.2, 0.25) is 53.2 Å². The smallest absolute Gasteiger partial charge is 0.407 e. The molecule has 10 amide bonds. The van der Waals surface area contributed by atoms with E-state index >= 15 is 33.6 Å². The van der Waals surface area contributed by atoms with E-state index in [1.807, 2.05) is 41.5 Å². The van der Waals surface area contributed by atoms with Gasteiger partial charge in [0, 0.05) is 99.7 Å². The summed E-state index contributed by atoms with van der Waals surface area (Å²) in [6.45, 7) is 34.8. The van der Waals surface area contributed by atoms with Crippen LogP contribution in [0.2, 0.25) is 0 Å². The summed E-state index contributed by atoms with van der Waals surface area (Å²) in [6.07, 6.45) is -2.23. The van der Waals surface area contributed by atoms with E-state index in [-0.39, 0.29) is 82.0 Å². The minimum absolute atomic E-state index is 0.00638. The summed E-state index contributed by atoms with van der Waals surface area (Å²) >= 11 is 0. The van der Waals surface area contributed by atoms with Gasteiger partial charge in [-0.25, -0.2) is 4.79 Å². The number of nitrogens with zero attached hydrogens (tertiary/aromatic N) is 8. The molecule has 2 saturated heterocycles. The van der Waals surface area contributed by atoms with Crippen molar-refractivity contribution in [2.24, 2.45) is 47.3 Å². The van der Waals surface area contributed by atoms with Crippen molar-refractivity contribution >= 4 is 70.8 Å². The van der Waals surface area contributed by atoms with Crippen molar-refractivity contribution in [1.82, 2.24) is 55.1 Å². The SMILES string of the molecule is CC[C@@H]1NC(=O)[C@H]([C@H](O)[C@H](C)CCOC(=O)NC(C)C)N(C)C(=O)[C@H](C(C)C)N(C)C(=O)[C@H](CC(C)C)N(C)C(=O)[C@H](CC(C)C)N(C)C(=O)[C@@H](C)NC(=O)[C@H](C)CC(=O)[C@H](CC(C)C)N(C)C(=O)[C@H](C(C)C)CC(=O)[C@H]([C@@H](C)OCCCCN2CCOCC2)N(C)C(=O)[C@@H](C)N(C)C1=O. The van der Waals surface area contributed by atoms with E-state index in [0.29, 0.717) is 19.6 Å². The second-order valence-corrected chi connectivity index (χ2v) is 30.6. The second-order valence-electron chi connectivity index (χ2n) is 30.6. The summed E-state index contributed by atoms with van der Waals surface area (Å²) in [5.41, 5.74) is 0. The monoisotopic (exact) mass is 1420 g/mol.